The van der Waals surface area contributed by atoms with Crippen LogP contribution in [-0.4, -0.2) is 35.8 Å². The highest BCUT2D eigenvalue weighted by molar-refractivity contribution is 6.21. The smallest absolute Gasteiger partial charge is 0.261 e. The highest BCUT2D eigenvalue weighted by Crippen LogP contribution is 2.22. The molecule has 3 rings (SSSR count). The fourth-order valence-electron chi connectivity index (χ4n) is 2.72. The zero-order valence-corrected chi connectivity index (χ0v) is 13.8. The number of nitrogens with one attached hydrogen (secondary N) is 1. The molecule has 0 saturated carbocycles. The minimum atomic E-state index is -0.256. The third kappa shape index (κ3) is 3.68. The second-order valence-electron chi connectivity index (χ2n) is 5.72. The molecule has 128 valence electrons. The van der Waals surface area contributed by atoms with E-state index < -0.39 is 0 Å². The predicted octanol–water partition coefficient (Wildman–Crippen LogP) is 2.71. The Hall–Kier alpha value is -3.15. The molecule has 0 spiro atoms. The molecule has 0 fully saturated rings. The molecule has 0 atom stereocenters. The van der Waals surface area contributed by atoms with Gasteiger partial charge in [-0.25, -0.2) is 0 Å². The summed E-state index contributed by atoms with van der Waals surface area (Å²) in [6.45, 7) is 2.10. The van der Waals surface area contributed by atoms with Crippen LogP contribution in [0.25, 0.3) is 0 Å². The average molecular weight is 338 g/mol. The number of rotatable bonds is 6. The fraction of sp³-hybridized carbons (Fsp3) is 0.211. The number of carbonyl (C=O) groups excluding carboxylic acids is 3. The number of benzene rings is 2. The van der Waals surface area contributed by atoms with Crippen molar-refractivity contribution in [1.82, 2.24) is 4.90 Å². The van der Waals surface area contributed by atoms with Crippen LogP contribution in [0.5, 0.6) is 5.75 Å². The van der Waals surface area contributed by atoms with Crippen LogP contribution >= 0.6 is 0 Å². The van der Waals surface area contributed by atoms with E-state index in [1.54, 1.807) is 48.5 Å². The van der Waals surface area contributed by atoms with Gasteiger partial charge in [-0.05, 0) is 30.7 Å². The number of amides is 3. The third-order valence-corrected chi connectivity index (χ3v) is 3.83. The molecule has 0 unspecified atom stereocenters. The predicted molar refractivity (Wildman–Crippen MR) is 92.7 cm³/mol. The van der Waals surface area contributed by atoms with Gasteiger partial charge in [-0.15, -0.1) is 0 Å². The number of anilines is 1. The molecule has 0 radical (unpaired) electrons. The highest BCUT2D eigenvalue weighted by Gasteiger charge is 2.34. The van der Waals surface area contributed by atoms with E-state index in [2.05, 4.69) is 5.32 Å². The van der Waals surface area contributed by atoms with Crippen LogP contribution < -0.4 is 10.1 Å². The van der Waals surface area contributed by atoms with Gasteiger partial charge in [0.25, 0.3) is 11.8 Å². The molecule has 0 bridgehead atoms. The van der Waals surface area contributed by atoms with Crippen molar-refractivity contribution in [3.05, 3.63) is 59.7 Å². The zero-order chi connectivity index (χ0) is 17.8. The normalized spacial score (nSPS) is 12.9. The fourth-order valence-corrected chi connectivity index (χ4v) is 2.72. The van der Waals surface area contributed by atoms with Crippen LogP contribution in [0.15, 0.2) is 48.5 Å². The van der Waals surface area contributed by atoms with E-state index >= 15 is 0 Å². The maximum absolute atomic E-state index is 12.2. The van der Waals surface area contributed by atoms with Crippen molar-refractivity contribution in [2.75, 3.05) is 18.5 Å². The summed E-state index contributed by atoms with van der Waals surface area (Å²) >= 11 is 0. The average Bonchev–Trinajstić information content (AvgIpc) is 2.83. The van der Waals surface area contributed by atoms with Gasteiger partial charge in [0.15, 0.2) is 0 Å². The Morgan fingerprint density at radius 3 is 2.36 bits per heavy atom. The molecule has 0 aromatic heterocycles. The summed E-state index contributed by atoms with van der Waals surface area (Å²) in [6, 6.07) is 13.9. The summed E-state index contributed by atoms with van der Waals surface area (Å²) < 4.78 is 5.64. The first kappa shape index (κ1) is 16.7. The van der Waals surface area contributed by atoms with Crippen molar-refractivity contribution in [2.45, 2.75) is 13.3 Å². The number of imide groups is 1. The topological polar surface area (TPSA) is 75.7 Å². The summed E-state index contributed by atoms with van der Waals surface area (Å²) in [5.74, 6) is -0.0436. The Labute approximate surface area is 145 Å². The lowest BCUT2D eigenvalue weighted by molar-refractivity contribution is -0.114. The van der Waals surface area contributed by atoms with E-state index in [0.717, 1.165) is 0 Å². The van der Waals surface area contributed by atoms with E-state index in [1.807, 2.05) is 0 Å². The summed E-state index contributed by atoms with van der Waals surface area (Å²) in [7, 11) is 0. The van der Waals surface area contributed by atoms with Crippen molar-refractivity contribution in [2.24, 2.45) is 0 Å². The number of carbonyl (C=O) groups is 3. The second-order valence-corrected chi connectivity index (χ2v) is 5.72. The largest absolute Gasteiger partial charge is 0.493 e. The Bertz CT molecular complexity index is 797. The van der Waals surface area contributed by atoms with E-state index in [0.29, 0.717) is 42.1 Å². The summed E-state index contributed by atoms with van der Waals surface area (Å²) in [5, 5.41) is 2.69. The molecular weight excluding hydrogens is 320 g/mol. The number of fused-ring (bicyclic) bond motifs is 1. The Morgan fingerprint density at radius 2 is 1.72 bits per heavy atom. The Kier molecular flexibility index (Phi) is 4.79. The van der Waals surface area contributed by atoms with Crippen molar-refractivity contribution >= 4 is 23.4 Å². The lowest BCUT2D eigenvalue weighted by atomic mass is 10.1. The highest BCUT2D eigenvalue weighted by atomic mass is 16.5. The molecule has 2 aromatic carbocycles. The molecule has 1 heterocycles. The molecule has 0 saturated heterocycles. The van der Waals surface area contributed by atoms with E-state index in [9.17, 15) is 14.4 Å². The van der Waals surface area contributed by atoms with Gasteiger partial charge < -0.3 is 10.1 Å². The van der Waals surface area contributed by atoms with Gasteiger partial charge in [-0.3, -0.25) is 19.3 Å². The SMILES string of the molecule is CC(=O)Nc1cccc(OCCCN2C(=O)c3ccccc3C2=O)c1. The quantitative estimate of drug-likeness (QED) is 0.649. The monoisotopic (exact) mass is 338 g/mol. The van der Waals surface area contributed by atoms with Gasteiger partial charge in [0.2, 0.25) is 5.91 Å². The van der Waals surface area contributed by atoms with Gasteiger partial charge in [0.1, 0.15) is 5.75 Å². The van der Waals surface area contributed by atoms with Gasteiger partial charge in [-0.1, -0.05) is 18.2 Å². The van der Waals surface area contributed by atoms with Gasteiger partial charge in [0, 0.05) is 25.2 Å². The van der Waals surface area contributed by atoms with E-state index in [-0.39, 0.29) is 17.7 Å². The van der Waals surface area contributed by atoms with Crippen molar-refractivity contribution in [1.29, 1.82) is 0 Å². The zero-order valence-electron chi connectivity index (χ0n) is 13.8. The van der Waals surface area contributed by atoms with Crippen LogP contribution in [0, 0.1) is 0 Å². The second kappa shape index (κ2) is 7.17. The molecule has 1 N–H and O–H groups in total. The lowest BCUT2D eigenvalue weighted by Gasteiger charge is -2.14. The number of nitrogens with zero attached hydrogens (tertiary/aromatic N) is 1. The molecule has 6 heteroatoms. The molecular formula is C19H18N2O4. The molecule has 1 aliphatic rings. The van der Waals surface area contributed by atoms with Gasteiger partial charge in [-0.2, -0.15) is 0 Å². The van der Waals surface area contributed by atoms with Crippen LogP contribution in [0.1, 0.15) is 34.1 Å². The molecule has 25 heavy (non-hydrogen) atoms. The number of hydrogen-bond donors (Lipinski definition) is 1. The first-order valence-electron chi connectivity index (χ1n) is 8.02. The summed E-state index contributed by atoms with van der Waals surface area (Å²) in [5.41, 5.74) is 1.57. The minimum Gasteiger partial charge on any atom is -0.493 e. The molecule has 1 aliphatic heterocycles. The van der Waals surface area contributed by atoms with Crippen LogP contribution in [0.4, 0.5) is 5.69 Å². The maximum Gasteiger partial charge on any atom is 0.261 e. The maximum atomic E-state index is 12.2. The molecule has 6 nitrogen and oxygen atoms in total. The number of hydrogen-bond acceptors (Lipinski definition) is 4. The van der Waals surface area contributed by atoms with Crippen LogP contribution in [0.2, 0.25) is 0 Å². The van der Waals surface area contributed by atoms with Crippen LogP contribution in [0.3, 0.4) is 0 Å². The molecule has 2 aromatic rings. The molecule has 3 amide bonds. The lowest BCUT2D eigenvalue weighted by Crippen LogP contribution is -2.31. The van der Waals surface area contributed by atoms with Gasteiger partial charge in [0.05, 0.1) is 17.7 Å². The molecule has 0 aliphatic carbocycles. The Morgan fingerprint density at radius 1 is 1.04 bits per heavy atom. The first-order chi connectivity index (χ1) is 12.1. The van der Waals surface area contributed by atoms with Crippen molar-refractivity contribution < 1.29 is 19.1 Å². The van der Waals surface area contributed by atoms with Crippen molar-refractivity contribution in [3.8, 4) is 5.75 Å². The Balaban J connectivity index is 1.52. The number of ether oxygens (including phenoxy) is 1. The van der Waals surface area contributed by atoms with E-state index in [1.165, 1.54) is 11.8 Å². The minimum absolute atomic E-state index is 0.150. The third-order valence-electron chi connectivity index (χ3n) is 3.83. The summed E-state index contributed by atoms with van der Waals surface area (Å²) in [6.07, 6.45) is 0.524. The first-order valence-corrected chi connectivity index (χ1v) is 8.02. The van der Waals surface area contributed by atoms with Crippen LogP contribution in [-0.2, 0) is 4.79 Å². The summed E-state index contributed by atoms with van der Waals surface area (Å²) in [4.78, 5) is 36.8. The van der Waals surface area contributed by atoms with E-state index in [4.69, 9.17) is 4.74 Å². The standard InChI is InChI=1S/C19H18N2O4/c1-13(22)20-14-6-4-7-15(12-14)25-11-5-10-21-18(23)16-8-2-3-9-17(16)19(21)24/h2-4,6-9,12H,5,10-11H2,1H3,(H,20,22). The van der Waals surface area contributed by atoms with Gasteiger partial charge >= 0.3 is 0 Å². The van der Waals surface area contributed by atoms with Crippen molar-refractivity contribution in [3.63, 3.8) is 0 Å².